The molecule has 1 aromatic carbocycles. The van der Waals surface area contributed by atoms with Gasteiger partial charge in [0.15, 0.2) is 0 Å². The Morgan fingerprint density at radius 3 is 2.86 bits per heavy atom. The SMILES string of the molecule is CCC(=O)C(N)Cc1cccc(O)c1. The van der Waals surface area contributed by atoms with Gasteiger partial charge in [-0.1, -0.05) is 19.1 Å². The minimum atomic E-state index is -0.457. The molecule has 0 fully saturated rings. The van der Waals surface area contributed by atoms with Crippen molar-refractivity contribution in [2.24, 2.45) is 5.73 Å². The Labute approximate surface area is 83.6 Å². The Bertz CT molecular complexity index is 323. The smallest absolute Gasteiger partial charge is 0.149 e. The van der Waals surface area contributed by atoms with Crippen molar-refractivity contribution in [3.63, 3.8) is 0 Å². The highest BCUT2D eigenvalue weighted by atomic mass is 16.3. The molecule has 3 heteroatoms. The number of hydrogen-bond donors (Lipinski definition) is 2. The number of nitrogens with two attached hydrogens (primary N) is 1. The number of benzene rings is 1. The summed E-state index contributed by atoms with van der Waals surface area (Å²) in [5.41, 5.74) is 6.57. The Morgan fingerprint density at radius 2 is 2.29 bits per heavy atom. The van der Waals surface area contributed by atoms with Crippen LogP contribution in [0.15, 0.2) is 24.3 Å². The van der Waals surface area contributed by atoms with E-state index in [0.717, 1.165) is 5.56 Å². The molecule has 0 aliphatic heterocycles. The lowest BCUT2D eigenvalue weighted by Gasteiger charge is -2.09. The lowest BCUT2D eigenvalue weighted by molar-refractivity contribution is -0.119. The highest BCUT2D eigenvalue weighted by Crippen LogP contribution is 2.12. The molecule has 1 aromatic rings. The molecule has 1 rings (SSSR count). The minimum Gasteiger partial charge on any atom is -0.508 e. The van der Waals surface area contributed by atoms with Gasteiger partial charge in [0, 0.05) is 6.42 Å². The zero-order valence-electron chi connectivity index (χ0n) is 8.23. The summed E-state index contributed by atoms with van der Waals surface area (Å²) in [6.45, 7) is 1.80. The van der Waals surface area contributed by atoms with E-state index in [0.29, 0.717) is 12.8 Å². The van der Waals surface area contributed by atoms with Crippen LogP contribution in [0.5, 0.6) is 5.75 Å². The maximum Gasteiger partial charge on any atom is 0.149 e. The van der Waals surface area contributed by atoms with Crippen molar-refractivity contribution >= 4 is 5.78 Å². The second-order valence-electron chi connectivity index (χ2n) is 3.30. The minimum absolute atomic E-state index is 0.0494. The highest BCUT2D eigenvalue weighted by molar-refractivity contribution is 5.83. The predicted molar refractivity (Wildman–Crippen MR) is 55.1 cm³/mol. The van der Waals surface area contributed by atoms with E-state index >= 15 is 0 Å². The monoisotopic (exact) mass is 193 g/mol. The topological polar surface area (TPSA) is 63.3 Å². The molecule has 0 aliphatic carbocycles. The molecule has 1 unspecified atom stereocenters. The molecule has 76 valence electrons. The van der Waals surface area contributed by atoms with Crippen molar-refractivity contribution in [2.75, 3.05) is 0 Å². The molecule has 0 saturated carbocycles. The molecule has 0 spiro atoms. The number of phenolic OH excluding ortho intramolecular Hbond substituents is 1. The van der Waals surface area contributed by atoms with Crippen LogP contribution in [0.2, 0.25) is 0 Å². The fourth-order valence-electron chi connectivity index (χ4n) is 1.31. The first-order valence-electron chi connectivity index (χ1n) is 4.69. The number of carbonyl (C=O) groups excluding carboxylic acids is 1. The molecular weight excluding hydrogens is 178 g/mol. The Morgan fingerprint density at radius 1 is 1.57 bits per heavy atom. The van der Waals surface area contributed by atoms with Crippen molar-refractivity contribution in [1.82, 2.24) is 0 Å². The standard InChI is InChI=1S/C11H15NO2/c1-2-11(14)10(12)7-8-4-3-5-9(13)6-8/h3-6,10,13H,2,7,12H2,1H3. The fraction of sp³-hybridized carbons (Fsp3) is 0.364. The number of aromatic hydroxyl groups is 1. The Kier molecular flexibility index (Phi) is 3.65. The van der Waals surface area contributed by atoms with Crippen molar-refractivity contribution < 1.29 is 9.90 Å². The summed E-state index contributed by atoms with van der Waals surface area (Å²) < 4.78 is 0. The zero-order valence-corrected chi connectivity index (χ0v) is 8.23. The normalized spacial score (nSPS) is 12.4. The van der Waals surface area contributed by atoms with Crippen molar-refractivity contribution in [2.45, 2.75) is 25.8 Å². The van der Waals surface area contributed by atoms with Crippen LogP contribution in [0.1, 0.15) is 18.9 Å². The van der Waals surface area contributed by atoms with E-state index in [4.69, 9.17) is 5.73 Å². The molecule has 0 bridgehead atoms. The predicted octanol–water partition coefficient (Wildman–Crippen LogP) is 1.24. The first kappa shape index (κ1) is 10.7. The molecule has 0 heterocycles. The van der Waals surface area contributed by atoms with Gasteiger partial charge in [0.2, 0.25) is 0 Å². The van der Waals surface area contributed by atoms with Crippen LogP contribution in [0.4, 0.5) is 0 Å². The van der Waals surface area contributed by atoms with Crippen LogP contribution in [0.25, 0.3) is 0 Å². The van der Waals surface area contributed by atoms with E-state index in [1.807, 2.05) is 6.07 Å². The van der Waals surface area contributed by atoms with Gasteiger partial charge in [-0.25, -0.2) is 0 Å². The first-order chi connectivity index (χ1) is 6.63. The maximum atomic E-state index is 11.2. The van der Waals surface area contributed by atoms with Crippen molar-refractivity contribution in [3.8, 4) is 5.75 Å². The van der Waals surface area contributed by atoms with E-state index in [2.05, 4.69) is 0 Å². The van der Waals surface area contributed by atoms with Gasteiger partial charge in [0.05, 0.1) is 6.04 Å². The highest BCUT2D eigenvalue weighted by Gasteiger charge is 2.11. The molecule has 0 amide bonds. The molecule has 0 radical (unpaired) electrons. The van der Waals surface area contributed by atoms with Gasteiger partial charge < -0.3 is 10.8 Å². The molecule has 0 aromatic heterocycles. The fourth-order valence-corrected chi connectivity index (χ4v) is 1.31. The Hall–Kier alpha value is -1.35. The third kappa shape index (κ3) is 2.85. The van der Waals surface area contributed by atoms with Gasteiger partial charge in [-0.05, 0) is 24.1 Å². The molecule has 3 N–H and O–H groups in total. The van der Waals surface area contributed by atoms with Crippen molar-refractivity contribution in [1.29, 1.82) is 0 Å². The van der Waals surface area contributed by atoms with Gasteiger partial charge in [-0.2, -0.15) is 0 Å². The number of hydrogen-bond acceptors (Lipinski definition) is 3. The summed E-state index contributed by atoms with van der Waals surface area (Å²) in [5.74, 6) is 0.256. The summed E-state index contributed by atoms with van der Waals surface area (Å²) in [7, 11) is 0. The number of carbonyl (C=O) groups is 1. The van der Waals surface area contributed by atoms with Crippen LogP contribution in [-0.4, -0.2) is 16.9 Å². The molecule has 3 nitrogen and oxygen atoms in total. The maximum absolute atomic E-state index is 11.2. The van der Waals surface area contributed by atoms with Crippen LogP contribution in [0.3, 0.4) is 0 Å². The van der Waals surface area contributed by atoms with Gasteiger partial charge in [0.25, 0.3) is 0 Å². The number of ketones is 1. The first-order valence-corrected chi connectivity index (χ1v) is 4.69. The third-order valence-corrected chi connectivity index (χ3v) is 2.13. The van der Waals surface area contributed by atoms with E-state index in [1.54, 1.807) is 25.1 Å². The number of Topliss-reactive ketones (excluding diaryl/α,β-unsaturated/α-hetero) is 1. The average Bonchev–Trinajstić information content (AvgIpc) is 2.16. The van der Waals surface area contributed by atoms with E-state index in [1.165, 1.54) is 0 Å². The third-order valence-electron chi connectivity index (χ3n) is 2.13. The van der Waals surface area contributed by atoms with Gasteiger partial charge >= 0.3 is 0 Å². The molecule has 14 heavy (non-hydrogen) atoms. The van der Waals surface area contributed by atoms with E-state index in [9.17, 15) is 9.90 Å². The molecule has 0 aliphatic rings. The quantitative estimate of drug-likeness (QED) is 0.756. The molecular formula is C11H15NO2. The molecule has 1 atom stereocenters. The average molecular weight is 193 g/mol. The van der Waals surface area contributed by atoms with Crippen molar-refractivity contribution in [3.05, 3.63) is 29.8 Å². The number of phenols is 1. The molecule has 0 saturated heterocycles. The van der Waals surface area contributed by atoms with Crippen LogP contribution >= 0.6 is 0 Å². The summed E-state index contributed by atoms with van der Waals surface area (Å²) >= 11 is 0. The van der Waals surface area contributed by atoms with Gasteiger partial charge in [-0.3, -0.25) is 4.79 Å². The summed E-state index contributed by atoms with van der Waals surface area (Å²) in [6, 6.07) is 6.36. The largest absolute Gasteiger partial charge is 0.508 e. The second-order valence-corrected chi connectivity index (χ2v) is 3.30. The van der Waals surface area contributed by atoms with E-state index in [-0.39, 0.29) is 11.5 Å². The lowest BCUT2D eigenvalue weighted by atomic mass is 10.0. The summed E-state index contributed by atoms with van der Waals surface area (Å²) in [5, 5.41) is 9.20. The van der Waals surface area contributed by atoms with Crippen LogP contribution < -0.4 is 5.73 Å². The van der Waals surface area contributed by atoms with Gasteiger partial charge in [-0.15, -0.1) is 0 Å². The summed E-state index contributed by atoms with van der Waals surface area (Å²) in [6.07, 6.45) is 0.945. The Balaban J connectivity index is 2.64. The number of rotatable bonds is 4. The van der Waals surface area contributed by atoms with E-state index < -0.39 is 6.04 Å². The van der Waals surface area contributed by atoms with Crippen LogP contribution in [-0.2, 0) is 11.2 Å². The zero-order chi connectivity index (χ0) is 10.6. The summed E-state index contributed by atoms with van der Waals surface area (Å²) in [4.78, 5) is 11.2. The second kappa shape index (κ2) is 4.77. The van der Waals surface area contributed by atoms with Gasteiger partial charge in [0.1, 0.15) is 11.5 Å². The van der Waals surface area contributed by atoms with Crippen LogP contribution in [0, 0.1) is 0 Å². The lowest BCUT2D eigenvalue weighted by Crippen LogP contribution is -2.32.